The maximum absolute atomic E-state index is 8.77. The van der Waals surface area contributed by atoms with Crippen LogP contribution in [0.3, 0.4) is 0 Å². The van der Waals surface area contributed by atoms with Gasteiger partial charge < -0.3 is 20.4 Å². The molecular formula is C14H21N3O3. The Morgan fingerprint density at radius 3 is 3.05 bits per heavy atom. The van der Waals surface area contributed by atoms with Crippen LogP contribution >= 0.6 is 0 Å². The summed E-state index contributed by atoms with van der Waals surface area (Å²) in [6, 6.07) is 5.53. The van der Waals surface area contributed by atoms with Crippen molar-refractivity contribution < 1.29 is 14.7 Å². The van der Waals surface area contributed by atoms with Crippen molar-refractivity contribution in [2.75, 3.05) is 33.4 Å². The fourth-order valence-electron chi connectivity index (χ4n) is 2.32. The molecule has 2 rings (SSSR count). The van der Waals surface area contributed by atoms with Gasteiger partial charge in [-0.1, -0.05) is 5.16 Å². The van der Waals surface area contributed by atoms with Crippen LogP contribution in [0.4, 0.5) is 0 Å². The molecule has 1 fully saturated rings. The average Bonchev–Trinajstić information content (AvgIpc) is 2.75. The van der Waals surface area contributed by atoms with Crippen LogP contribution in [0.1, 0.15) is 17.5 Å². The quantitative estimate of drug-likeness (QED) is 0.372. The maximum atomic E-state index is 8.77. The van der Waals surface area contributed by atoms with Gasteiger partial charge in [0.2, 0.25) is 0 Å². The molecule has 0 aliphatic carbocycles. The minimum atomic E-state index is 0.105. The van der Waals surface area contributed by atoms with Crippen molar-refractivity contribution >= 4 is 5.84 Å². The van der Waals surface area contributed by atoms with Crippen LogP contribution in [-0.2, 0) is 11.3 Å². The molecule has 3 N–H and O–H groups in total. The van der Waals surface area contributed by atoms with Crippen LogP contribution in [0.5, 0.6) is 5.75 Å². The number of methoxy groups -OCH3 is 1. The Labute approximate surface area is 118 Å². The molecule has 1 saturated heterocycles. The molecule has 0 spiro atoms. The minimum Gasteiger partial charge on any atom is -0.496 e. The SMILES string of the molecule is COc1ccc(/C(N)=N/O)cc1CN1CCCOCC1. The van der Waals surface area contributed by atoms with E-state index in [-0.39, 0.29) is 5.84 Å². The first-order chi connectivity index (χ1) is 9.74. The Morgan fingerprint density at radius 2 is 2.30 bits per heavy atom. The highest BCUT2D eigenvalue weighted by Crippen LogP contribution is 2.22. The van der Waals surface area contributed by atoms with E-state index in [1.807, 2.05) is 12.1 Å². The molecule has 6 nitrogen and oxygen atoms in total. The number of nitrogens with two attached hydrogens (primary N) is 1. The Morgan fingerprint density at radius 1 is 1.45 bits per heavy atom. The van der Waals surface area contributed by atoms with Crippen LogP contribution in [0.2, 0.25) is 0 Å². The van der Waals surface area contributed by atoms with Crippen molar-refractivity contribution in [3.05, 3.63) is 29.3 Å². The molecule has 1 aliphatic heterocycles. The van der Waals surface area contributed by atoms with Gasteiger partial charge in [0, 0.05) is 37.4 Å². The summed E-state index contributed by atoms with van der Waals surface area (Å²) in [6.45, 7) is 4.23. The van der Waals surface area contributed by atoms with Gasteiger partial charge >= 0.3 is 0 Å². The fraction of sp³-hybridized carbons (Fsp3) is 0.500. The lowest BCUT2D eigenvalue weighted by atomic mass is 10.1. The first-order valence-electron chi connectivity index (χ1n) is 6.69. The van der Waals surface area contributed by atoms with E-state index >= 15 is 0 Å². The van der Waals surface area contributed by atoms with Crippen LogP contribution in [0, 0.1) is 0 Å². The molecule has 0 saturated carbocycles. The summed E-state index contributed by atoms with van der Waals surface area (Å²) in [5.74, 6) is 0.915. The van der Waals surface area contributed by atoms with E-state index in [9.17, 15) is 0 Å². The van der Waals surface area contributed by atoms with Crippen molar-refractivity contribution in [1.29, 1.82) is 0 Å². The molecule has 20 heavy (non-hydrogen) atoms. The van der Waals surface area contributed by atoms with E-state index in [0.29, 0.717) is 5.56 Å². The Balaban J connectivity index is 2.19. The topological polar surface area (TPSA) is 80.3 Å². The Kier molecular flexibility index (Phi) is 5.20. The second kappa shape index (κ2) is 7.12. The number of benzene rings is 1. The number of oxime groups is 1. The molecule has 0 radical (unpaired) electrons. The lowest BCUT2D eigenvalue weighted by Gasteiger charge is -2.21. The highest BCUT2D eigenvalue weighted by atomic mass is 16.5. The van der Waals surface area contributed by atoms with E-state index in [0.717, 1.165) is 50.6 Å². The fourth-order valence-corrected chi connectivity index (χ4v) is 2.32. The third-order valence-electron chi connectivity index (χ3n) is 3.39. The molecule has 1 heterocycles. The van der Waals surface area contributed by atoms with Gasteiger partial charge in [-0.3, -0.25) is 4.90 Å². The van der Waals surface area contributed by atoms with Gasteiger partial charge in [-0.05, 0) is 24.6 Å². The van der Waals surface area contributed by atoms with Crippen molar-refractivity contribution in [2.45, 2.75) is 13.0 Å². The summed E-state index contributed by atoms with van der Waals surface area (Å²) >= 11 is 0. The monoisotopic (exact) mass is 279 g/mol. The van der Waals surface area contributed by atoms with Gasteiger partial charge in [0.1, 0.15) is 5.75 Å². The zero-order valence-electron chi connectivity index (χ0n) is 11.7. The normalized spacial score (nSPS) is 17.8. The molecule has 0 unspecified atom stereocenters. The molecule has 0 atom stereocenters. The number of hydrogen-bond donors (Lipinski definition) is 2. The van der Waals surface area contributed by atoms with Gasteiger partial charge in [0.05, 0.1) is 13.7 Å². The number of ether oxygens (including phenoxy) is 2. The predicted octanol–water partition coefficient (Wildman–Crippen LogP) is 1.01. The van der Waals surface area contributed by atoms with Crippen molar-refractivity contribution in [2.24, 2.45) is 10.9 Å². The van der Waals surface area contributed by atoms with Crippen molar-refractivity contribution in [1.82, 2.24) is 4.90 Å². The number of nitrogens with zero attached hydrogens (tertiary/aromatic N) is 2. The molecule has 1 aromatic rings. The molecule has 0 aromatic heterocycles. The summed E-state index contributed by atoms with van der Waals surface area (Å²) in [5.41, 5.74) is 7.35. The first kappa shape index (κ1) is 14.6. The van der Waals surface area contributed by atoms with E-state index in [1.165, 1.54) is 0 Å². The van der Waals surface area contributed by atoms with Crippen LogP contribution in [0.15, 0.2) is 23.4 Å². The summed E-state index contributed by atoms with van der Waals surface area (Å²) in [7, 11) is 1.65. The molecular weight excluding hydrogens is 258 g/mol. The van der Waals surface area contributed by atoms with Crippen LogP contribution in [-0.4, -0.2) is 49.4 Å². The molecule has 1 aliphatic rings. The minimum absolute atomic E-state index is 0.105. The summed E-state index contributed by atoms with van der Waals surface area (Å²) < 4.78 is 10.8. The molecule has 1 aromatic carbocycles. The maximum Gasteiger partial charge on any atom is 0.170 e. The van der Waals surface area contributed by atoms with Crippen molar-refractivity contribution in [3.8, 4) is 5.75 Å². The Hall–Kier alpha value is -1.79. The zero-order chi connectivity index (χ0) is 14.4. The van der Waals surface area contributed by atoms with E-state index in [2.05, 4.69) is 10.1 Å². The van der Waals surface area contributed by atoms with Gasteiger partial charge in [-0.25, -0.2) is 0 Å². The third-order valence-corrected chi connectivity index (χ3v) is 3.39. The van der Waals surface area contributed by atoms with E-state index in [1.54, 1.807) is 13.2 Å². The lowest BCUT2D eigenvalue weighted by molar-refractivity contribution is 0.140. The molecule has 110 valence electrons. The first-order valence-corrected chi connectivity index (χ1v) is 6.69. The smallest absolute Gasteiger partial charge is 0.170 e. The van der Waals surface area contributed by atoms with Gasteiger partial charge in [0.15, 0.2) is 5.84 Å². The zero-order valence-corrected chi connectivity index (χ0v) is 11.7. The van der Waals surface area contributed by atoms with Gasteiger partial charge in [-0.2, -0.15) is 0 Å². The van der Waals surface area contributed by atoms with Crippen molar-refractivity contribution in [3.63, 3.8) is 0 Å². The van der Waals surface area contributed by atoms with Crippen LogP contribution < -0.4 is 10.5 Å². The summed E-state index contributed by atoms with van der Waals surface area (Å²) in [5, 5.41) is 11.8. The number of amidine groups is 1. The number of hydrogen-bond acceptors (Lipinski definition) is 5. The third kappa shape index (κ3) is 3.61. The van der Waals surface area contributed by atoms with E-state index < -0.39 is 0 Å². The summed E-state index contributed by atoms with van der Waals surface area (Å²) in [4.78, 5) is 2.32. The highest BCUT2D eigenvalue weighted by Gasteiger charge is 2.13. The standard InChI is InChI=1S/C14H21N3O3/c1-19-13-4-3-11(14(15)16-18)9-12(13)10-17-5-2-7-20-8-6-17/h3-4,9,18H,2,5-8,10H2,1H3,(H2,15,16). The highest BCUT2D eigenvalue weighted by molar-refractivity contribution is 5.97. The second-order valence-electron chi connectivity index (χ2n) is 4.75. The van der Waals surface area contributed by atoms with Crippen LogP contribution in [0.25, 0.3) is 0 Å². The van der Waals surface area contributed by atoms with E-state index in [4.69, 9.17) is 20.4 Å². The lowest BCUT2D eigenvalue weighted by Crippen LogP contribution is -2.26. The molecule has 0 bridgehead atoms. The summed E-state index contributed by atoms with van der Waals surface area (Å²) in [6.07, 6.45) is 1.03. The second-order valence-corrected chi connectivity index (χ2v) is 4.75. The van der Waals surface area contributed by atoms with Gasteiger partial charge in [-0.15, -0.1) is 0 Å². The average molecular weight is 279 g/mol. The largest absolute Gasteiger partial charge is 0.496 e. The number of rotatable bonds is 4. The molecule has 0 amide bonds. The molecule has 6 heteroatoms. The van der Waals surface area contributed by atoms with Gasteiger partial charge in [0.25, 0.3) is 0 Å². The predicted molar refractivity (Wildman–Crippen MR) is 76.2 cm³/mol. The Bertz CT molecular complexity index is 469.